The smallest absolute Gasteiger partial charge is 0.0794 e. The van der Waals surface area contributed by atoms with Crippen molar-refractivity contribution in [3.05, 3.63) is 46.4 Å². The molecule has 1 unspecified atom stereocenters. The summed E-state index contributed by atoms with van der Waals surface area (Å²) in [6.07, 6.45) is 2.96. The highest BCUT2D eigenvalue weighted by Crippen LogP contribution is 2.23. The average Bonchev–Trinajstić information content (AvgIpc) is 2.91. The van der Waals surface area contributed by atoms with Crippen LogP contribution < -0.4 is 10.2 Å². The van der Waals surface area contributed by atoms with Crippen LogP contribution in [-0.2, 0) is 6.42 Å². The molecule has 0 bridgehead atoms. The van der Waals surface area contributed by atoms with Crippen LogP contribution in [0, 0.1) is 0 Å². The van der Waals surface area contributed by atoms with Gasteiger partial charge in [-0.2, -0.15) is 0 Å². The van der Waals surface area contributed by atoms with Crippen LogP contribution in [0.4, 0.5) is 5.69 Å². The summed E-state index contributed by atoms with van der Waals surface area (Å²) in [5.41, 5.74) is 4.47. The second-order valence-corrected chi connectivity index (χ2v) is 5.74. The van der Waals surface area contributed by atoms with Crippen LogP contribution in [0.2, 0.25) is 0 Å². The summed E-state index contributed by atoms with van der Waals surface area (Å²) in [5, 5.41) is 3.56. The van der Waals surface area contributed by atoms with Crippen LogP contribution in [0.25, 0.3) is 0 Å². The summed E-state index contributed by atoms with van der Waals surface area (Å²) < 4.78 is 0. The standard InChI is InChI=1S/C15H21N3S/c1-4-17-15(9-14-10-16-11-19-14)12-6-5-7-13(8-12)18(2)3/h5-8,10-11,15,17H,4,9H2,1-3H3. The van der Waals surface area contributed by atoms with Gasteiger partial charge in [0.05, 0.1) is 5.51 Å². The topological polar surface area (TPSA) is 28.2 Å². The van der Waals surface area contributed by atoms with E-state index in [9.17, 15) is 0 Å². The Kier molecular flexibility index (Phi) is 4.93. The van der Waals surface area contributed by atoms with Gasteiger partial charge in [0.25, 0.3) is 0 Å². The van der Waals surface area contributed by atoms with Gasteiger partial charge in [-0.3, -0.25) is 4.98 Å². The highest BCUT2D eigenvalue weighted by molar-refractivity contribution is 7.09. The summed E-state index contributed by atoms with van der Waals surface area (Å²) in [4.78, 5) is 7.62. The maximum Gasteiger partial charge on any atom is 0.0794 e. The number of likely N-dealkylation sites (N-methyl/N-ethyl adjacent to an activating group) is 1. The minimum absolute atomic E-state index is 0.352. The molecule has 0 saturated heterocycles. The van der Waals surface area contributed by atoms with Crippen LogP contribution in [0.3, 0.4) is 0 Å². The third-order valence-corrected chi connectivity index (χ3v) is 3.93. The van der Waals surface area contributed by atoms with Gasteiger partial charge in [0.1, 0.15) is 0 Å². The van der Waals surface area contributed by atoms with Crippen molar-refractivity contribution >= 4 is 17.0 Å². The molecule has 0 aliphatic rings. The third-order valence-electron chi connectivity index (χ3n) is 3.13. The zero-order valence-electron chi connectivity index (χ0n) is 11.8. The van der Waals surface area contributed by atoms with E-state index in [1.54, 1.807) is 11.3 Å². The highest BCUT2D eigenvalue weighted by atomic mass is 32.1. The van der Waals surface area contributed by atoms with Gasteiger partial charge in [-0.05, 0) is 24.2 Å². The molecule has 0 radical (unpaired) electrons. The molecule has 1 heterocycles. The largest absolute Gasteiger partial charge is 0.378 e. The first-order valence-electron chi connectivity index (χ1n) is 6.58. The molecule has 0 aliphatic carbocycles. The first kappa shape index (κ1) is 14.0. The fourth-order valence-electron chi connectivity index (χ4n) is 2.12. The average molecular weight is 275 g/mol. The van der Waals surface area contributed by atoms with E-state index < -0.39 is 0 Å². The summed E-state index contributed by atoms with van der Waals surface area (Å²) >= 11 is 1.72. The molecule has 0 aliphatic heterocycles. The van der Waals surface area contributed by atoms with E-state index in [-0.39, 0.29) is 0 Å². The molecule has 0 spiro atoms. The molecule has 0 fully saturated rings. The van der Waals surface area contributed by atoms with Crippen molar-refractivity contribution in [3.63, 3.8) is 0 Å². The van der Waals surface area contributed by atoms with E-state index in [1.807, 2.05) is 11.7 Å². The number of nitrogens with zero attached hydrogens (tertiary/aromatic N) is 2. The first-order chi connectivity index (χ1) is 9.20. The van der Waals surface area contributed by atoms with Gasteiger partial charge in [-0.1, -0.05) is 19.1 Å². The molecule has 1 N–H and O–H groups in total. The molecule has 2 aromatic rings. The second kappa shape index (κ2) is 6.68. The number of hydrogen-bond acceptors (Lipinski definition) is 4. The van der Waals surface area contributed by atoms with Crippen LogP contribution in [-0.4, -0.2) is 25.6 Å². The Morgan fingerprint density at radius 1 is 1.37 bits per heavy atom. The van der Waals surface area contributed by atoms with E-state index in [0.29, 0.717) is 6.04 Å². The van der Waals surface area contributed by atoms with E-state index in [1.165, 1.54) is 16.1 Å². The monoisotopic (exact) mass is 275 g/mol. The SMILES string of the molecule is CCNC(Cc1cncs1)c1cccc(N(C)C)c1. The molecule has 2 rings (SSSR count). The van der Waals surface area contributed by atoms with Gasteiger partial charge < -0.3 is 10.2 Å². The lowest BCUT2D eigenvalue weighted by Gasteiger charge is -2.20. The number of nitrogens with one attached hydrogen (secondary N) is 1. The summed E-state index contributed by atoms with van der Waals surface area (Å²) in [6.45, 7) is 3.12. The van der Waals surface area contributed by atoms with E-state index in [4.69, 9.17) is 0 Å². The molecule has 0 saturated carbocycles. The van der Waals surface area contributed by atoms with Gasteiger partial charge >= 0.3 is 0 Å². The minimum atomic E-state index is 0.352. The number of benzene rings is 1. The summed E-state index contributed by atoms with van der Waals surface area (Å²) in [6, 6.07) is 9.07. The molecular formula is C15H21N3S. The zero-order chi connectivity index (χ0) is 13.7. The number of thiazole rings is 1. The van der Waals surface area contributed by atoms with Crippen molar-refractivity contribution in [2.75, 3.05) is 25.5 Å². The van der Waals surface area contributed by atoms with Gasteiger partial charge in [-0.15, -0.1) is 11.3 Å². The Hall–Kier alpha value is -1.39. The molecular weight excluding hydrogens is 254 g/mol. The van der Waals surface area contributed by atoms with Crippen LogP contribution in [0.15, 0.2) is 36.0 Å². The van der Waals surface area contributed by atoms with E-state index >= 15 is 0 Å². The Morgan fingerprint density at radius 3 is 2.84 bits per heavy atom. The number of anilines is 1. The number of hydrogen-bond donors (Lipinski definition) is 1. The van der Waals surface area contributed by atoms with Crippen LogP contribution in [0.1, 0.15) is 23.4 Å². The van der Waals surface area contributed by atoms with Crippen molar-refractivity contribution in [2.45, 2.75) is 19.4 Å². The minimum Gasteiger partial charge on any atom is -0.378 e. The predicted molar refractivity (Wildman–Crippen MR) is 83.0 cm³/mol. The lowest BCUT2D eigenvalue weighted by molar-refractivity contribution is 0.553. The van der Waals surface area contributed by atoms with Crippen molar-refractivity contribution in [2.24, 2.45) is 0 Å². The molecule has 102 valence electrons. The second-order valence-electron chi connectivity index (χ2n) is 4.77. The van der Waals surface area contributed by atoms with Crippen molar-refractivity contribution in [1.29, 1.82) is 0 Å². The normalized spacial score (nSPS) is 12.4. The highest BCUT2D eigenvalue weighted by Gasteiger charge is 2.12. The van der Waals surface area contributed by atoms with E-state index in [2.05, 4.69) is 60.5 Å². The Morgan fingerprint density at radius 2 is 2.21 bits per heavy atom. The molecule has 0 amide bonds. The maximum absolute atomic E-state index is 4.16. The number of aromatic nitrogens is 1. The van der Waals surface area contributed by atoms with Crippen molar-refractivity contribution in [1.82, 2.24) is 10.3 Å². The summed E-state index contributed by atoms with van der Waals surface area (Å²) in [7, 11) is 4.15. The van der Waals surface area contributed by atoms with Crippen molar-refractivity contribution < 1.29 is 0 Å². The first-order valence-corrected chi connectivity index (χ1v) is 7.46. The van der Waals surface area contributed by atoms with Gasteiger partial charge in [0.15, 0.2) is 0 Å². The molecule has 3 nitrogen and oxygen atoms in total. The molecule has 1 aromatic heterocycles. The third kappa shape index (κ3) is 3.78. The quantitative estimate of drug-likeness (QED) is 0.878. The summed E-state index contributed by atoms with van der Waals surface area (Å²) in [5.74, 6) is 0. The molecule has 1 atom stereocenters. The fourth-order valence-corrected chi connectivity index (χ4v) is 2.76. The predicted octanol–water partition coefficient (Wildman–Crippen LogP) is 3.10. The van der Waals surface area contributed by atoms with Crippen molar-refractivity contribution in [3.8, 4) is 0 Å². The number of rotatable bonds is 6. The van der Waals surface area contributed by atoms with Gasteiger partial charge in [-0.25, -0.2) is 0 Å². The van der Waals surface area contributed by atoms with Gasteiger partial charge in [0.2, 0.25) is 0 Å². The Balaban J connectivity index is 2.20. The Labute approximate surface area is 119 Å². The van der Waals surface area contributed by atoms with E-state index in [0.717, 1.165) is 13.0 Å². The van der Waals surface area contributed by atoms with Crippen LogP contribution >= 0.6 is 11.3 Å². The molecule has 19 heavy (non-hydrogen) atoms. The van der Waals surface area contributed by atoms with Crippen LogP contribution in [0.5, 0.6) is 0 Å². The lowest BCUT2D eigenvalue weighted by atomic mass is 10.0. The molecule has 4 heteroatoms. The lowest BCUT2D eigenvalue weighted by Crippen LogP contribution is -2.23. The fraction of sp³-hybridized carbons (Fsp3) is 0.400. The molecule has 1 aromatic carbocycles. The Bertz CT molecular complexity index is 494. The van der Waals surface area contributed by atoms with Gasteiger partial charge in [0, 0.05) is 43.3 Å². The zero-order valence-corrected chi connectivity index (χ0v) is 12.6. The maximum atomic E-state index is 4.16.